The van der Waals surface area contributed by atoms with E-state index in [0.717, 1.165) is 22.4 Å². The largest absolute Gasteiger partial charge is 0.508 e. The highest BCUT2D eigenvalue weighted by Gasteiger charge is 2.44. The van der Waals surface area contributed by atoms with Crippen molar-refractivity contribution in [1.29, 1.82) is 0 Å². The van der Waals surface area contributed by atoms with Gasteiger partial charge in [0.25, 0.3) is 0 Å². The molecule has 176 valence electrons. The predicted octanol–water partition coefficient (Wildman–Crippen LogP) is 5.71. The van der Waals surface area contributed by atoms with Gasteiger partial charge in [0.2, 0.25) is 0 Å². The first-order valence-corrected chi connectivity index (χ1v) is 11.9. The number of esters is 1. The molecule has 3 aromatic carbocycles. The van der Waals surface area contributed by atoms with Crippen molar-refractivity contribution < 1.29 is 19.4 Å². The van der Waals surface area contributed by atoms with Gasteiger partial charge in [0.1, 0.15) is 18.3 Å². The number of hydrogen-bond donors (Lipinski definition) is 1. The average Bonchev–Trinajstić information content (AvgIpc) is 2.88. The normalized spacial score (nSPS) is 21.8. The van der Waals surface area contributed by atoms with E-state index in [9.17, 15) is 14.7 Å². The van der Waals surface area contributed by atoms with Crippen molar-refractivity contribution in [3.05, 3.63) is 113 Å². The van der Waals surface area contributed by atoms with Crippen LogP contribution in [0.15, 0.2) is 101 Å². The van der Waals surface area contributed by atoms with E-state index in [0.29, 0.717) is 24.1 Å². The summed E-state index contributed by atoms with van der Waals surface area (Å²) in [6.07, 6.45) is 1.01. The Morgan fingerprint density at radius 3 is 2.26 bits per heavy atom. The lowest BCUT2D eigenvalue weighted by atomic mass is 9.69. The third-order valence-corrected chi connectivity index (χ3v) is 6.89. The number of hydrogen-bond acceptors (Lipinski definition) is 5. The summed E-state index contributed by atoms with van der Waals surface area (Å²) in [6.45, 7) is 1.99. The van der Waals surface area contributed by atoms with Gasteiger partial charge in [0.05, 0.1) is 0 Å². The maximum Gasteiger partial charge on any atom is 0.315 e. The fraction of sp³-hybridized carbons (Fsp3) is 0.233. The third kappa shape index (κ3) is 4.67. The molecule has 1 heterocycles. The minimum atomic E-state index is -0.709. The number of phenolic OH excluding ortho intramolecular Hbond substituents is 1. The molecule has 0 saturated heterocycles. The van der Waals surface area contributed by atoms with E-state index in [1.54, 1.807) is 24.3 Å². The average molecular weight is 466 g/mol. The molecule has 5 nitrogen and oxygen atoms in total. The molecule has 0 bridgehead atoms. The maximum absolute atomic E-state index is 13.6. The summed E-state index contributed by atoms with van der Waals surface area (Å²) in [5.74, 6) is -1.42. The lowest BCUT2D eigenvalue weighted by Crippen LogP contribution is -2.38. The molecule has 0 fully saturated rings. The number of Topliss-reactive ketones (excluding diaryl/α,β-unsaturated/α-hetero) is 1. The van der Waals surface area contributed by atoms with Gasteiger partial charge >= 0.3 is 5.97 Å². The number of rotatable bonds is 5. The fourth-order valence-electron chi connectivity index (χ4n) is 5.19. The molecular weight excluding hydrogens is 438 g/mol. The van der Waals surface area contributed by atoms with E-state index in [1.165, 1.54) is 0 Å². The SMILES string of the molecule is CC1=NC2=C(C(=O)CC(c3ccccc3)C2)C(c2ccc(O)cc2)C1C(=O)OCc1ccccc1. The van der Waals surface area contributed by atoms with Crippen LogP contribution in [-0.4, -0.2) is 22.6 Å². The second-order valence-corrected chi connectivity index (χ2v) is 9.19. The van der Waals surface area contributed by atoms with Crippen LogP contribution in [0.4, 0.5) is 0 Å². The van der Waals surface area contributed by atoms with E-state index in [4.69, 9.17) is 9.73 Å². The van der Waals surface area contributed by atoms with Crippen LogP contribution in [-0.2, 0) is 20.9 Å². The highest BCUT2D eigenvalue weighted by molar-refractivity contribution is 6.09. The van der Waals surface area contributed by atoms with Crippen LogP contribution >= 0.6 is 0 Å². The highest BCUT2D eigenvalue weighted by Crippen LogP contribution is 2.47. The first-order chi connectivity index (χ1) is 17.0. The summed E-state index contributed by atoms with van der Waals surface area (Å²) in [5, 5.41) is 9.84. The van der Waals surface area contributed by atoms with E-state index < -0.39 is 17.8 Å². The van der Waals surface area contributed by atoms with Crippen LogP contribution in [0, 0.1) is 5.92 Å². The van der Waals surface area contributed by atoms with Crippen molar-refractivity contribution in [3.63, 3.8) is 0 Å². The molecular formula is C30H27NO4. The third-order valence-electron chi connectivity index (χ3n) is 6.89. The van der Waals surface area contributed by atoms with Gasteiger partial charge < -0.3 is 9.84 Å². The Kier molecular flexibility index (Phi) is 6.32. The van der Waals surface area contributed by atoms with Gasteiger partial charge in [-0.3, -0.25) is 14.6 Å². The summed E-state index contributed by atoms with van der Waals surface area (Å²) >= 11 is 0. The lowest BCUT2D eigenvalue weighted by Gasteiger charge is -2.36. The Bertz CT molecular complexity index is 1290. The standard InChI is InChI=1S/C30H27NO4/c1-19-27(30(34)35-18-20-8-4-2-5-9-20)28(22-12-14-24(32)15-13-22)29-25(31-19)16-23(17-26(29)33)21-10-6-3-7-11-21/h2-15,23,27-28,32H,16-18H2,1H3. The van der Waals surface area contributed by atoms with Gasteiger partial charge in [0, 0.05) is 29.3 Å². The Labute approximate surface area is 204 Å². The number of benzene rings is 3. The highest BCUT2D eigenvalue weighted by atomic mass is 16.5. The van der Waals surface area contributed by atoms with Crippen LogP contribution in [0.25, 0.3) is 0 Å². The molecule has 1 N–H and O–H groups in total. The molecule has 0 saturated carbocycles. The number of phenols is 1. The van der Waals surface area contributed by atoms with Crippen molar-refractivity contribution >= 4 is 17.5 Å². The number of ether oxygens (including phenoxy) is 1. The minimum absolute atomic E-state index is 0.00953. The van der Waals surface area contributed by atoms with Crippen molar-refractivity contribution in [1.82, 2.24) is 0 Å². The molecule has 5 rings (SSSR count). The number of nitrogens with zero attached hydrogens (tertiary/aromatic N) is 1. The van der Waals surface area contributed by atoms with Crippen molar-refractivity contribution in [2.75, 3.05) is 0 Å². The van der Waals surface area contributed by atoms with Gasteiger partial charge in [-0.25, -0.2) is 0 Å². The van der Waals surface area contributed by atoms with Gasteiger partial charge in [-0.2, -0.15) is 0 Å². The van der Waals surface area contributed by atoms with Crippen LogP contribution in [0.3, 0.4) is 0 Å². The maximum atomic E-state index is 13.6. The molecule has 0 amide bonds. The fourth-order valence-corrected chi connectivity index (χ4v) is 5.19. The van der Waals surface area contributed by atoms with Crippen molar-refractivity contribution in [2.24, 2.45) is 10.9 Å². The minimum Gasteiger partial charge on any atom is -0.508 e. The van der Waals surface area contributed by atoms with Crippen LogP contribution in [0.5, 0.6) is 5.75 Å². The van der Waals surface area contributed by atoms with Crippen molar-refractivity contribution in [2.45, 2.75) is 38.2 Å². The van der Waals surface area contributed by atoms with Crippen LogP contribution in [0.1, 0.15) is 48.3 Å². The Hall–Kier alpha value is -3.99. The number of ketones is 1. The smallest absolute Gasteiger partial charge is 0.315 e. The molecule has 0 aromatic heterocycles. The second kappa shape index (κ2) is 9.71. The zero-order chi connectivity index (χ0) is 24.4. The molecule has 3 unspecified atom stereocenters. The number of aromatic hydroxyl groups is 1. The Morgan fingerprint density at radius 2 is 1.57 bits per heavy atom. The predicted molar refractivity (Wildman–Crippen MR) is 134 cm³/mol. The molecule has 1 aliphatic carbocycles. The van der Waals surface area contributed by atoms with Gasteiger partial charge in [-0.05, 0) is 48.1 Å². The first kappa shape index (κ1) is 22.8. The van der Waals surface area contributed by atoms with Gasteiger partial charge in [-0.15, -0.1) is 0 Å². The molecule has 5 heteroatoms. The summed E-state index contributed by atoms with van der Waals surface area (Å²) in [6, 6.07) is 26.3. The number of carbonyl (C=O) groups is 2. The Balaban J connectivity index is 1.51. The molecule has 0 radical (unpaired) electrons. The topological polar surface area (TPSA) is 76.0 Å². The van der Waals surface area contributed by atoms with E-state index in [2.05, 4.69) is 0 Å². The molecule has 0 spiro atoms. The van der Waals surface area contributed by atoms with E-state index in [-0.39, 0.29) is 24.1 Å². The summed E-state index contributed by atoms with van der Waals surface area (Å²) < 4.78 is 5.72. The quantitative estimate of drug-likeness (QED) is 0.490. The lowest BCUT2D eigenvalue weighted by molar-refractivity contribution is -0.148. The molecule has 35 heavy (non-hydrogen) atoms. The van der Waals surface area contributed by atoms with Crippen molar-refractivity contribution in [3.8, 4) is 5.75 Å². The monoisotopic (exact) mass is 465 g/mol. The van der Waals surface area contributed by atoms with E-state index in [1.807, 2.05) is 67.6 Å². The number of allylic oxidation sites excluding steroid dienone is 2. The first-order valence-electron chi connectivity index (χ1n) is 11.9. The zero-order valence-electron chi connectivity index (χ0n) is 19.6. The number of aliphatic imine (C=N–C) groups is 1. The number of carbonyl (C=O) groups excluding carboxylic acids is 2. The summed E-state index contributed by atoms with van der Waals surface area (Å²) in [4.78, 5) is 31.8. The van der Waals surface area contributed by atoms with Crippen LogP contribution < -0.4 is 0 Å². The summed E-state index contributed by atoms with van der Waals surface area (Å²) in [7, 11) is 0. The summed E-state index contributed by atoms with van der Waals surface area (Å²) in [5.41, 5.74) is 4.78. The zero-order valence-corrected chi connectivity index (χ0v) is 19.6. The second-order valence-electron chi connectivity index (χ2n) is 9.19. The molecule has 3 atom stereocenters. The van der Waals surface area contributed by atoms with E-state index >= 15 is 0 Å². The Morgan fingerprint density at radius 1 is 0.914 bits per heavy atom. The van der Waals surface area contributed by atoms with Crippen LogP contribution in [0.2, 0.25) is 0 Å². The molecule has 2 aliphatic rings. The van der Waals surface area contributed by atoms with Gasteiger partial charge in [0.15, 0.2) is 5.78 Å². The molecule has 3 aromatic rings. The molecule has 1 aliphatic heterocycles. The van der Waals surface area contributed by atoms with Gasteiger partial charge in [-0.1, -0.05) is 72.8 Å².